The number of aromatic nitrogens is 1. The van der Waals surface area contributed by atoms with Crippen LogP contribution in [0, 0.1) is 0 Å². The van der Waals surface area contributed by atoms with Crippen LogP contribution < -0.4 is 10.6 Å². The number of hydrogen-bond acceptors (Lipinski definition) is 4. The average Bonchev–Trinajstić information content (AvgIpc) is 2.98. The third-order valence-corrected chi connectivity index (χ3v) is 4.13. The van der Waals surface area contributed by atoms with E-state index in [1.54, 1.807) is 12.5 Å². The fourth-order valence-corrected chi connectivity index (χ4v) is 2.98. The van der Waals surface area contributed by atoms with Crippen molar-refractivity contribution in [2.45, 2.75) is 32.2 Å². The van der Waals surface area contributed by atoms with Gasteiger partial charge in [-0.15, -0.1) is 0 Å². The van der Waals surface area contributed by atoms with E-state index in [1.807, 2.05) is 13.1 Å². The van der Waals surface area contributed by atoms with Gasteiger partial charge >= 0.3 is 0 Å². The fourth-order valence-electron chi connectivity index (χ4n) is 2.83. The second-order valence-electron chi connectivity index (χ2n) is 5.52. The van der Waals surface area contributed by atoms with Gasteiger partial charge in [0.2, 0.25) is 0 Å². The number of hydrogen-bond donors (Lipinski definition) is 1. The van der Waals surface area contributed by atoms with Crippen molar-refractivity contribution in [2.75, 3.05) is 11.9 Å². The third-order valence-electron chi connectivity index (χ3n) is 3.91. The van der Waals surface area contributed by atoms with Gasteiger partial charge in [0.15, 0.2) is 0 Å². The lowest BCUT2D eigenvalue weighted by atomic mass is 9.94. The molecule has 2 heterocycles. The van der Waals surface area contributed by atoms with Crippen molar-refractivity contribution < 1.29 is 4.42 Å². The molecule has 0 radical (unpaired) electrons. The largest absolute Gasteiger partial charge is 0.472 e. The standard InChI is InChI=1S/C16H19N3OS/c1-19(9-11-6-7-20-10-11)16-13(15(17)21)8-12-4-2-3-5-14(12)18-16/h6-8,10H,2-5,9H2,1H3,(H2,17,21). The van der Waals surface area contributed by atoms with Crippen LogP contribution in [0.5, 0.6) is 0 Å². The summed E-state index contributed by atoms with van der Waals surface area (Å²) in [5.74, 6) is 0.865. The molecule has 0 aromatic carbocycles. The molecule has 3 rings (SSSR count). The van der Waals surface area contributed by atoms with Crippen LogP contribution in [0.3, 0.4) is 0 Å². The van der Waals surface area contributed by atoms with E-state index in [1.165, 1.54) is 24.1 Å². The van der Waals surface area contributed by atoms with Crippen LogP contribution in [-0.4, -0.2) is 17.0 Å². The molecule has 0 saturated carbocycles. The second-order valence-corrected chi connectivity index (χ2v) is 5.96. The first kappa shape index (κ1) is 14.1. The minimum absolute atomic E-state index is 0.407. The Balaban J connectivity index is 1.97. The predicted molar refractivity (Wildman–Crippen MR) is 87.6 cm³/mol. The lowest BCUT2D eigenvalue weighted by molar-refractivity contribution is 0.563. The summed E-state index contributed by atoms with van der Waals surface area (Å²) in [6.07, 6.45) is 7.96. The molecule has 0 bridgehead atoms. The highest BCUT2D eigenvalue weighted by Gasteiger charge is 2.19. The highest BCUT2D eigenvalue weighted by atomic mass is 32.1. The molecule has 1 aliphatic carbocycles. The molecular weight excluding hydrogens is 282 g/mol. The number of furan rings is 1. The summed E-state index contributed by atoms with van der Waals surface area (Å²) in [6.45, 7) is 0.720. The molecule has 0 fully saturated rings. The minimum Gasteiger partial charge on any atom is -0.472 e. The van der Waals surface area contributed by atoms with Gasteiger partial charge in [-0.05, 0) is 43.4 Å². The van der Waals surface area contributed by atoms with Crippen molar-refractivity contribution in [1.29, 1.82) is 0 Å². The van der Waals surface area contributed by atoms with Crippen LogP contribution in [0.15, 0.2) is 29.1 Å². The molecule has 0 unspecified atom stereocenters. The van der Waals surface area contributed by atoms with Gasteiger partial charge < -0.3 is 15.1 Å². The summed E-state index contributed by atoms with van der Waals surface area (Å²) in [5.41, 5.74) is 10.4. The van der Waals surface area contributed by atoms with E-state index in [4.69, 9.17) is 27.4 Å². The van der Waals surface area contributed by atoms with Gasteiger partial charge in [-0.2, -0.15) is 0 Å². The molecule has 4 nitrogen and oxygen atoms in total. The number of thiocarbonyl (C=S) groups is 1. The first-order valence-electron chi connectivity index (χ1n) is 7.20. The third kappa shape index (κ3) is 2.93. The first-order valence-corrected chi connectivity index (χ1v) is 7.61. The Morgan fingerprint density at radius 2 is 2.24 bits per heavy atom. The SMILES string of the molecule is CN(Cc1ccoc1)c1nc2c(cc1C(N)=S)CCCC2. The predicted octanol–water partition coefficient (Wildman–Crippen LogP) is 2.82. The minimum atomic E-state index is 0.407. The van der Waals surface area contributed by atoms with Crippen LogP contribution in [0.4, 0.5) is 5.82 Å². The Bertz CT molecular complexity index is 652. The lowest BCUT2D eigenvalue weighted by Gasteiger charge is -2.24. The Hall–Kier alpha value is -1.88. The van der Waals surface area contributed by atoms with Gasteiger partial charge in [0.1, 0.15) is 10.8 Å². The van der Waals surface area contributed by atoms with E-state index >= 15 is 0 Å². The molecule has 110 valence electrons. The molecule has 0 amide bonds. The quantitative estimate of drug-likeness (QED) is 0.880. The zero-order valence-corrected chi connectivity index (χ0v) is 12.9. The summed E-state index contributed by atoms with van der Waals surface area (Å²) in [5, 5.41) is 0. The Labute approximate surface area is 130 Å². The zero-order valence-electron chi connectivity index (χ0n) is 12.1. The van der Waals surface area contributed by atoms with Crippen LogP contribution in [-0.2, 0) is 19.4 Å². The highest BCUT2D eigenvalue weighted by molar-refractivity contribution is 7.80. The summed E-state index contributed by atoms with van der Waals surface area (Å²) in [7, 11) is 2.01. The number of anilines is 1. The van der Waals surface area contributed by atoms with Crippen LogP contribution in [0.25, 0.3) is 0 Å². The smallest absolute Gasteiger partial charge is 0.139 e. The number of nitrogens with two attached hydrogens (primary N) is 1. The van der Waals surface area contributed by atoms with Crippen molar-refractivity contribution in [3.05, 3.63) is 47.0 Å². The monoisotopic (exact) mass is 301 g/mol. The van der Waals surface area contributed by atoms with Gasteiger partial charge in [-0.1, -0.05) is 12.2 Å². The molecular formula is C16H19N3OS. The van der Waals surface area contributed by atoms with Crippen molar-refractivity contribution in [2.24, 2.45) is 5.73 Å². The van der Waals surface area contributed by atoms with Crippen LogP contribution in [0.2, 0.25) is 0 Å². The molecule has 2 aromatic rings. The Morgan fingerprint density at radius 3 is 2.95 bits per heavy atom. The van der Waals surface area contributed by atoms with Gasteiger partial charge in [0.05, 0.1) is 18.1 Å². The molecule has 5 heteroatoms. The van der Waals surface area contributed by atoms with Gasteiger partial charge in [-0.3, -0.25) is 0 Å². The van der Waals surface area contributed by atoms with Gasteiger partial charge in [0, 0.05) is 24.8 Å². The summed E-state index contributed by atoms with van der Waals surface area (Å²) >= 11 is 5.21. The van der Waals surface area contributed by atoms with Crippen molar-refractivity contribution in [3.63, 3.8) is 0 Å². The topological polar surface area (TPSA) is 55.3 Å². The number of rotatable bonds is 4. The summed E-state index contributed by atoms with van der Waals surface area (Å²) in [6, 6.07) is 4.08. The summed E-state index contributed by atoms with van der Waals surface area (Å²) < 4.78 is 5.12. The molecule has 21 heavy (non-hydrogen) atoms. The molecule has 2 N–H and O–H groups in total. The zero-order chi connectivity index (χ0) is 14.8. The van der Waals surface area contributed by atoms with Crippen molar-refractivity contribution in [1.82, 2.24) is 4.98 Å². The van der Waals surface area contributed by atoms with E-state index in [-0.39, 0.29) is 0 Å². The normalized spacial score (nSPS) is 13.8. The van der Waals surface area contributed by atoms with E-state index in [0.717, 1.165) is 36.3 Å². The van der Waals surface area contributed by atoms with Crippen LogP contribution >= 0.6 is 12.2 Å². The molecule has 1 aliphatic rings. The number of aryl methyl sites for hydroxylation is 2. The van der Waals surface area contributed by atoms with Gasteiger partial charge in [0.25, 0.3) is 0 Å². The van der Waals surface area contributed by atoms with Crippen LogP contribution in [0.1, 0.15) is 35.2 Å². The maximum Gasteiger partial charge on any atom is 0.139 e. The van der Waals surface area contributed by atoms with Crippen molar-refractivity contribution in [3.8, 4) is 0 Å². The second kappa shape index (κ2) is 5.85. The van der Waals surface area contributed by atoms with E-state index in [2.05, 4.69) is 11.0 Å². The number of pyridine rings is 1. The maximum absolute atomic E-state index is 5.91. The maximum atomic E-state index is 5.91. The molecule has 2 aromatic heterocycles. The number of nitrogens with zero attached hydrogens (tertiary/aromatic N) is 2. The fraction of sp³-hybridized carbons (Fsp3) is 0.375. The van der Waals surface area contributed by atoms with E-state index in [0.29, 0.717) is 4.99 Å². The average molecular weight is 301 g/mol. The first-order chi connectivity index (χ1) is 10.1. The molecule has 0 aliphatic heterocycles. The Kier molecular flexibility index (Phi) is 3.92. The molecule has 0 spiro atoms. The molecule has 0 saturated heterocycles. The lowest BCUT2D eigenvalue weighted by Crippen LogP contribution is -2.24. The highest BCUT2D eigenvalue weighted by Crippen LogP contribution is 2.27. The molecule has 0 atom stereocenters. The van der Waals surface area contributed by atoms with Gasteiger partial charge in [-0.25, -0.2) is 4.98 Å². The Morgan fingerprint density at radius 1 is 1.43 bits per heavy atom. The summed E-state index contributed by atoms with van der Waals surface area (Å²) in [4.78, 5) is 7.33. The number of fused-ring (bicyclic) bond motifs is 1. The van der Waals surface area contributed by atoms with E-state index < -0.39 is 0 Å². The van der Waals surface area contributed by atoms with E-state index in [9.17, 15) is 0 Å². The van der Waals surface area contributed by atoms with Crippen molar-refractivity contribution >= 4 is 23.0 Å².